The summed E-state index contributed by atoms with van der Waals surface area (Å²) in [6, 6.07) is 15.8. The molecule has 2 atom stereocenters. The minimum absolute atomic E-state index is 0.0975. The first kappa shape index (κ1) is 20.1. The van der Waals surface area contributed by atoms with Crippen LogP contribution in [0, 0.1) is 0 Å². The molecule has 28 heavy (non-hydrogen) atoms. The van der Waals surface area contributed by atoms with Crippen molar-refractivity contribution < 1.29 is 28.9 Å². The highest BCUT2D eigenvalue weighted by molar-refractivity contribution is 7.58. The molecule has 148 valence electrons. The number of rotatable bonds is 7. The molecule has 2 aromatic rings. The van der Waals surface area contributed by atoms with Crippen LogP contribution >= 0.6 is 7.37 Å². The van der Waals surface area contributed by atoms with Crippen molar-refractivity contribution in [3.05, 3.63) is 59.7 Å². The van der Waals surface area contributed by atoms with Crippen LogP contribution in [-0.4, -0.2) is 40.6 Å². The van der Waals surface area contributed by atoms with Crippen LogP contribution in [0.1, 0.15) is 30.4 Å². The van der Waals surface area contributed by atoms with Crippen molar-refractivity contribution in [3.63, 3.8) is 0 Å². The molecule has 0 aliphatic heterocycles. The number of alkyl carbamates (subject to hydrolysis) is 1. The predicted octanol–water partition coefficient (Wildman–Crippen LogP) is 3.62. The maximum absolute atomic E-state index is 12.2. The van der Waals surface area contributed by atoms with Gasteiger partial charge in [0.05, 0.1) is 12.7 Å². The third-order valence-corrected chi connectivity index (χ3v) is 7.12. The minimum atomic E-state index is -3.84. The van der Waals surface area contributed by atoms with Gasteiger partial charge in [-0.2, -0.15) is 0 Å². The lowest BCUT2D eigenvalue weighted by molar-refractivity contribution is -0.137. The Morgan fingerprint density at radius 1 is 1.11 bits per heavy atom. The van der Waals surface area contributed by atoms with Crippen molar-refractivity contribution in [2.45, 2.75) is 24.9 Å². The number of amides is 1. The first-order chi connectivity index (χ1) is 13.3. The van der Waals surface area contributed by atoms with E-state index in [1.54, 1.807) is 0 Å². The molecule has 0 radical (unpaired) electrons. The Kier molecular flexibility index (Phi) is 5.87. The molecule has 0 saturated carbocycles. The Hall–Kier alpha value is -2.63. The predicted molar refractivity (Wildman–Crippen MR) is 105 cm³/mol. The Morgan fingerprint density at radius 2 is 1.64 bits per heavy atom. The molecule has 0 heterocycles. The van der Waals surface area contributed by atoms with Gasteiger partial charge in [-0.15, -0.1) is 0 Å². The third-order valence-electron chi connectivity index (χ3n) is 4.95. The maximum Gasteiger partial charge on any atom is 0.407 e. The molecule has 1 amide bonds. The van der Waals surface area contributed by atoms with E-state index in [0.29, 0.717) is 0 Å². The molecule has 0 fully saturated rings. The molecule has 1 aliphatic rings. The van der Waals surface area contributed by atoms with E-state index in [4.69, 9.17) is 9.84 Å². The van der Waals surface area contributed by atoms with Crippen LogP contribution in [-0.2, 0) is 14.1 Å². The number of hydrogen-bond acceptors (Lipinski definition) is 4. The van der Waals surface area contributed by atoms with Crippen molar-refractivity contribution in [3.8, 4) is 11.1 Å². The SMILES string of the molecule is CC(CC(=O)O)P(=O)(O)CNC(=O)OCC1c2ccccc2-c2ccccc21. The van der Waals surface area contributed by atoms with Gasteiger partial charge >= 0.3 is 12.1 Å². The topological polar surface area (TPSA) is 113 Å². The summed E-state index contributed by atoms with van der Waals surface area (Å²) >= 11 is 0. The number of carbonyl (C=O) groups is 2. The number of aliphatic carboxylic acids is 1. The Labute approximate surface area is 162 Å². The first-order valence-corrected chi connectivity index (χ1v) is 10.8. The Bertz CT molecular complexity index is 898. The Balaban J connectivity index is 1.61. The standard InChI is InChI=1S/C20H22NO6P/c1-13(10-19(22)23)28(25,26)12-21-20(24)27-11-18-16-8-4-2-6-14(16)15-7-3-5-9-17(15)18/h2-9,13,18H,10-12H2,1H3,(H,21,24)(H,22,23)(H,25,26). The van der Waals surface area contributed by atoms with Gasteiger partial charge in [0, 0.05) is 11.6 Å². The second-order valence-corrected chi connectivity index (χ2v) is 9.57. The minimum Gasteiger partial charge on any atom is -0.481 e. The second-order valence-electron chi connectivity index (χ2n) is 6.86. The summed E-state index contributed by atoms with van der Waals surface area (Å²) in [4.78, 5) is 32.7. The lowest BCUT2D eigenvalue weighted by atomic mass is 9.98. The van der Waals surface area contributed by atoms with E-state index in [0.717, 1.165) is 22.3 Å². The summed E-state index contributed by atoms with van der Waals surface area (Å²) in [5, 5.41) is 11.0. The van der Waals surface area contributed by atoms with Crippen LogP contribution in [0.4, 0.5) is 4.79 Å². The average Bonchev–Trinajstić information content (AvgIpc) is 2.98. The number of carboxylic acid groups (broad SMARTS) is 1. The summed E-state index contributed by atoms with van der Waals surface area (Å²) in [7, 11) is -3.84. The molecular weight excluding hydrogens is 381 g/mol. The largest absolute Gasteiger partial charge is 0.481 e. The highest BCUT2D eigenvalue weighted by atomic mass is 31.2. The summed E-state index contributed by atoms with van der Waals surface area (Å²) in [5.74, 6) is -1.27. The number of nitrogens with one attached hydrogen (secondary N) is 1. The number of ether oxygens (including phenoxy) is 1. The van der Waals surface area contributed by atoms with Crippen LogP contribution in [0.5, 0.6) is 0 Å². The second kappa shape index (κ2) is 8.17. The quantitative estimate of drug-likeness (QED) is 0.609. The number of carboxylic acids is 1. The van der Waals surface area contributed by atoms with E-state index in [1.165, 1.54) is 6.92 Å². The van der Waals surface area contributed by atoms with Crippen molar-refractivity contribution in [1.82, 2.24) is 5.32 Å². The molecule has 1 aliphatic carbocycles. The highest BCUT2D eigenvalue weighted by Crippen LogP contribution is 2.46. The van der Waals surface area contributed by atoms with Crippen molar-refractivity contribution in [2.75, 3.05) is 12.9 Å². The van der Waals surface area contributed by atoms with Crippen LogP contribution < -0.4 is 5.32 Å². The van der Waals surface area contributed by atoms with Crippen LogP contribution in [0.2, 0.25) is 0 Å². The van der Waals surface area contributed by atoms with Gasteiger partial charge in [-0.05, 0) is 22.3 Å². The Morgan fingerprint density at radius 3 is 2.18 bits per heavy atom. The summed E-state index contributed by atoms with van der Waals surface area (Å²) in [6.07, 6.45) is -1.78. The van der Waals surface area contributed by atoms with Crippen molar-refractivity contribution >= 4 is 19.4 Å². The van der Waals surface area contributed by atoms with Gasteiger partial charge in [0.15, 0.2) is 0 Å². The summed E-state index contributed by atoms with van der Waals surface area (Å²) in [5.41, 5.74) is 3.39. The van der Waals surface area contributed by atoms with E-state index >= 15 is 0 Å². The van der Waals surface area contributed by atoms with E-state index in [-0.39, 0.29) is 12.5 Å². The van der Waals surface area contributed by atoms with Crippen molar-refractivity contribution in [2.24, 2.45) is 0 Å². The molecule has 7 nitrogen and oxygen atoms in total. The van der Waals surface area contributed by atoms with Gasteiger partial charge in [-0.1, -0.05) is 55.5 Å². The van der Waals surface area contributed by atoms with Crippen LogP contribution in [0.3, 0.4) is 0 Å². The van der Waals surface area contributed by atoms with E-state index in [9.17, 15) is 19.0 Å². The van der Waals surface area contributed by atoms with E-state index in [1.807, 2.05) is 48.5 Å². The summed E-state index contributed by atoms with van der Waals surface area (Å²) < 4.78 is 17.5. The lowest BCUT2D eigenvalue weighted by Gasteiger charge is -2.19. The maximum atomic E-state index is 12.2. The lowest BCUT2D eigenvalue weighted by Crippen LogP contribution is -2.29. The van der Waals surface area contributed by atoms with E-state index in [2.05, 4.69) is 5.32 Å². The monoisotopic (exact) mass is 403 g/mol. The number of carbonyl (C=O) groups excluding carboxylic acids is 1. The molecular formula is C20H22NO6P. The molecule has 8 heteroatoms. The molecule has 3 rings (SSSR count). The number of hydrogen-bond donors (Lipinski definition) is 3. The van der Waals surface area contributed by atoms with Gasteiger partial charge < -0.3 is 20.1 Å². The molecule has 3 N–H and O–H groups in total. The first-order valence-electron chi connectivity index (χ1n) is 8.91. The van der Waals surface area contributed by atoms with Crippen LogP contribution in [0.25, 0.3) is 11.1 Å². The zero-order chi connectivity index (χ0) is 20.3. The number of fused-ring (bicyclic) bond motifs is 3. The van der Waals surface area contributed by atoms with Crippen LogP contribution in [0.15, 0.2) is 48.5 Å². The van der Waals surface area contributed by atoms with Gasteiger partial charge in [-0.25, -0.2) is 4.79 Å². The van der Waals surface area contributed by atoms with Gasteiger partial charge in [0.2, 0.25) is 7.37 Å². The number of benzene rings is 2. The third kappa shape index (κ3) is 4.26. The molecule has 2 unspecified atom stereocenters. The van der Waals surface area contributed by atoms with Gasteiger partial charge in [-0.3, -0.25) is 9.36 Å². The van der Waals surface area contributed by atoms with Crippen molar-refractivity contribution in [1.29, 1.82) is 0 Å². The smallest absolute Gasteiger partial charge is 0.407 e. The zero-order valence-electron chi connectivity index (χ0n) is 15.4. The fourth-order valence-electron chi connectivity index (χ4n) is 3.38. The zero-order valence-corrected chi connectivity index (χ0v) is 16.3. The van der Waals surface area contributed by atoms with Gasteiger partial charge in [0.1, 0.15) is 6.61 Å². The van der Waals surface area contributed by atoms with E-state index < -0.39 is 37.8 Å². The highest BCUT2D eigenvalue weighted by Gasteiger charge is 2.31. The molecule has 0 aromatic heterocycles. The average molecular weight is 403 g/mol. The van der Waals surface area contributed by atoms with Gasteiger partial charge in [0.25, 0.3) is 0 Å². The fourth-order valence-corrected chi connectivity index (χ4v) is 4.49. The normalized spacial score (nSPS) is 15.8. The molecule has 0 saturated heterocycles. The molecule has 2 aromatic carbocycles. The molecule has 0 spiro atoms. The fraction of sp³-hybridized carbons (Fsp3) is 0.300. The molecule has 0 bridgehead atoms. The summed E-state index contributed by atoms with van der Waals surface area (Å²) in [6.45, 7) is 1.47.